The molecule has 28 heavy (non-hydrogen) atoms. The summed E-state index contributed by atoms with van der Waals surface area (Å²) in [7, 11) is 0. The molecule has 0 spiro atoms. The van der Waals surface area contributed by atoms with Crippen LogP contribution in [0.15, 0.2) is 79.1 Å². The Hall–Kier alpha value is -4.17. The van der Waals surface area contributed by atoms with E-state index in [1.165, 1.54) is 6.33 Å². The number of fused-ring (bicyclic) bond motifs is 1. The lowest BCUT2D eigenvalue weighted by Crippen LogP contribution is -2.11. The second kappa shape index (κ2) is 7.60. The summed E-state index contributed by atoms with van der Waals surface area (Å²) in [6.45, 7) is 0. The normalized spacial score (nSPS) is 10.2. The van der Waals surface area contributed by atoms with Crippen molar-refractivity contribution in [2.24, 2.45) is 0 Å². The van der Waals surface area contributed by atoms with Gasteiger partial charge >= 0.3 is 0 Å². The number of hydrogen-bond acceptors (Lipinski definition) is 4. The minimum atomic E-state index is -0.173. The maximum Gasteiger partial charge on any atom is 0.255 e. The highest BCUT2D eigenvalue weighted by atomic mass is 16.1. The fourth-order valence-corrected chi connectivity index (χ4v) is 2.85. The van der Waals surface area contributed by atoms with E-state index in [9.17, 15) is 4.79 Å². The molecule has 1 heterocycles. The highest BCUT2D eigenvalue weighted by molar-refractivity contribution is 6.05. The van der Waals surface area contributed by atoms with Crippen LogP contribution in [-0.2, 0) is 0 Å². The summed E-state index contributed by atoms with van der Waals surface area (Å²) in [4.78, 5) is 21.1. The topological polar surface area (TPSA) is 66.9 Å². The molecule has 4 aromatic rings. The van der Waals surface area contributed by atoms with Crippen LogP contribution in [0.4, 0.5) is 17.2 Å². The lowest BCUT2D eigenvalue weighted by atomic mass is 10.1. The molecule has 3 aromatic carbocycles. The van der Waals surface area contributed by atoms with Crippen molar-refractivity contribution in [3.63, 3.8) is 0 Å². The predicted molar refractivity (Wildman–Crippen MR) is 112 cm³/mol. The average Bonchev–Trinajstić information content (AvgIpc) is 2.75. The summed E-state index contributed by atoms with van der Waals surface area (Å²) in [6, 6.07) is 22.1. The van der Waals surface area contributed by atoms with E-state index in [2.05, 4.69) is 26.5 Å². The maximum absolute atomic E-state index is 12.4. The van der Waals surface area contributed by atoms with Crippen molar-refractivity contribution in [2.75, 3.05) is 10.6 Å². The first-order valence-corrected chi connectivity index (χ1v) is 8.68. The van der Waals surface area contributed by atoms with Gasteiger partial charge in [-0.1, -0.05) is 30.2 Å². The number of nitrogens with one attached hydrogen (secondary N) is 2. The molecule has 0 aliphatic rings. The number of benzene rings is 3. The molecular weight excluding hydrogens is 348 g/mol. The number of anilines is 3. The second-order valence-corrected chi connectivity index (χ2v) is 6.12. The monoisotopic (exact) mass is 364 g/mol. The number of carbonyl (C=O) groups is 1. The molecule has 0 saturated carbocycles. The van der Waals surface area contributed by atoms with Crippen molar-refractivity contribution in [1.82, 2.24) is 9.97 Å². The Morgan fingerprint density at radius 1 is 0.893 bits per heavy atom. The number of amides is 1. The smallest absolute Gasteiger partial charge is 0.255 e. The van der Waals surface area contributed by atoms with E-state index in [4.69, 9.17) is 6.42 Å². The van der Waals surface area contributed by atoms with Crippen LogP contribution in [0.3, 0.4) is 0 Å². The maximum atomic E-state index is 12.4. The zero-order chi connectivity index (χ0) is 19.3. The van der Waals surface area contributed by atoms with Gasteiger partial charge in [0.15, 0.2) is 0 Å². The van der Waals surface area contributed by atoms with Gasteiger partial charge in [0.25, 0.3) is 5.91 Å². The Morgan fingerprint density at radius 2 is 1.75 bits per heavy atom. The molecule has 0 saturated heterocycles. The summed E-state index contributed by atoms with van der Waals surface area (Å²) in [5, 5.41) is 6.98. The van der Waals surface area contributed by atoms with Crippen LogP contribution in [0, 0.1) is 12.3 Å². The minimum absolute atomic E-state index is 0.173. The fraction of sp³-hybridized carbons (Fsp3) is 0. The quantitative estimate of drug-likeness (QED) is 0.519. The molecule has 1 aromatic heterocycles. The summed E-state index contributed by atoms with van der Waals surface area (Å²) >= 11 is 0. The first-order valence-electron chi connectivity index (χ1n) is 8.68. The van der Waals surface area contributed by atoms with Crippen molar-refractivity contribution in [3.05, 3.63) is 90.3 Å². The van der Waals surface area contributed by atoms with E-state index in [0.717, 1.165) is 22.2 Å². The third-order valence-corrected chi connectivity index (χ3v) is 4.22. The molecule has 0 bridgehead atoms. The van der Waals surface area contributed by atoms with Gasteiger partial charge in [-0.05, 0) is 48.5 Å². The van der Waals surface area contributed by atoms with Crippen molar-refractivity contribution >= 4 is 34.0 Å². The van der Waals surface area contributed by atoms with Gasteiger partial charge < -0.3 is 10.6 Å². The molecule has 1 amide bonds. The molecule has 134 valence electrons. The Kier molecular flexibility index (Phi) is 4.68. The lowest BCUT2D eigenvalue weighted by Gasteiger charge is -2.11. The van der Waals surface area contributed by atoms with E-state index in [1.807, 2.05) is 60.7 Å². The third kappa shape index (κ3) is 3.67. The van der Waals surface area contributed by atoms with Gasteiger partial charge in [-0.25, -0.2) is 9.97 Å². The molecule has 5 heteroatoms. The minimum Gasteiger partial charge on any atom is -0.340 e. The third-order valence-electron chi connectivity index (χ3n) is 4.22. The molecule has 0 aliphatic carbocycles. The van der Waals surface area contributed by atoms with Crippen molar-refractivity contribution in [2.45, 2.75) is 0 Å². The van der Waals surface area contributed by atoms with Gasteiger partial charge in [0.05, 0.1) is 5.52 Å². The highest BCUT2D eigenvalue weighted by Gasteiger charge is 2.09. The summed E-state index contributed by atoms with van der Waals surface area (Å²) < 4.78 is 0. The number of rotatable bonds is 4. The Labute approximate surface area is 162 Å². The molecule has 0 unspecified atom stereocenters. The van der Waals surface area contributed by atoms with E-state index in [1.54, 1.807) is 12.1 Å². The first-order chi connectivity index (χ1) is 13.7. The van der Waals surface area contributed by atoms with Crippen LogP contribution >= 0.6 is 0 Å². The van der Waals surface area contributed by atoms with Gasteiger partial charge in [0.2, 0.25) is 0 Å². The van der Waals surface area contributed by atoms with E-state index < -0.39 is 0 Å². The van der Waals surface area contributed by atoms with E-state index in [-0.39, 0.29) is 5.91 Å². The van der Waals surface area contributed by atoms with Crippen LogP contribution < -0.4 is 10.6 Å². The van der Waals surface area contributed by atoms with Crippen LogP contribution in [0.5, 0.6) is 0 Å². The fourth-order valence-electron chi connectivity index (χ4n) is 2.85. The zero-order valence-electron chi connectivity index (χ0n) is 14.9. The Balaban J connectivity index is 1.66. The number of carbonyl (C=O) groups excluding carboxylic acids is 1. The largest absolute Gasteiger partial charge is 0.340 e. The number of nitrogens with zero attached hydrogens (tertiary/aromatic N) is 2. The first kappa shape index (κ1) is 17.3. The number of hydrogen-bond donors (Lipinski definition) is 2. The van der Waals surface area contributed by atoms with Crippen LogP contribution in [0.1, 0.15) is 15.9 Å². The summed E-state index contributed by atoms with van der Waals surface area (Å²) in [6.07, 6.45) is 6.97. The summed E-state index contributed by atoms with van der Waals surface area (Å²) in [5.74, 6) is 3.08. The van der Waals surface area contributed by atoms with Crippen molar-refractivity contribution < 1.29 is 4.79 Å². The molecule has 5 nitrogen and oxygen atoms in total. The van der Waals surface area contributed by atoms with Crippen molar-refractivity contribution in [1.29, 1.82) is 0 Å². The summed E-state index contributed by atoms with van der Waals surface area (Å²) in [5.41, 5.74) is 3.63. The second-order valence-electron chi connectivity index (χ2n) is 6.12. The van der Waals surface area contributed by atoms with E-state index >= 15 is 0 Å². The lowest BCUT2D eigenvalue weighted by molar-refractivity contribution is 0.102. The average molecular weight is 364 g/mol. The van der Waals surface area contributed by atoms with Crippen LogP contribution in [-0.4, -0.2) is 15.9 Å². The van der Waals surface area contributed by atoms with Gasteiger partial charge in [-0.15, -0.1) is 6.42 Å². The molecule has 0 radical (unpaired) electrons. The van der Waals surface area contributed by atoms with Gasteiger partial charge in [-0.2, -0.15) is 0 Å². The molecule has 0 atom stereocenters. The van der Waals surface area contributed by atoms with Crippen LogP contribution in [0.2, 0.25) is 0 Å². The molecule has 4 rings (SSSR count). The Bertz CT molecular complexity index is 1200. The van der Waals surface area contributed by atoms with E-state index in [0.29, 0.717) is 17.1 Å². The Morgan fingerprint density at radius 3 is 2.57 bits per heavy atom. The zero-order valence-corrected chi connectivity index (χ0v) is 14.9. The predicted octanol–water partition coefficient (Wildman–Crippen LogP) is 4.61. The molecule has 0 fully saturated rings. The van der Waals surface area contributed by atoms with Crippen molar-refractivity contribution in [3.8, 4) is 12.3 Å². The molecular formula is C23H16N4O. The highest BCUT2D eigenvalue weighted by Crippen LogP contribution is 2.26. The standard InChI is InChI=1S/C23H16N4O/c1-2-16-7-6-10-18(13-16)26-22-20-14-19(11-12-21(20)24-15-25-22)27-23(28)17-8-4-3-5-9-17/h1,3-15H,(H,27,28)(H,24,25,26). The number of terminal acetylenes is 1. The number of aromatic nitrogens is 2. The van der Waals surface area contributed by atoms with Gasteiger partial charge in [-0.3, -0.25) is 4.79 Å². The van der Waals surface area contributed by atoms with Crippen LogP contribution in [0.25, 0.3) is 10.9 Å². The van der Waals surface area contributed by atoms with Gasteiger partial charge in [0, 0.05) is 27.9 Å². The molecule has 2 N–H and O–H groups in total. The molecule has 0 aliphatic heterocycles. The van der Waals surface area contributed by atoms with Gasteiger partial charge in [0.1, 0.15) is 12.1 Å². The SMILES string of the molecule is C#Cc1cccc(Nc2ncnc3ccc(NC(=O)c4ccccc4)cc23)c1.